The topological polar surface area (TPSA) is 72.8 Å². The number of rotatable bonds is 38. The van der Waals surface area contributed by atoms with Crippen molar-refractivity contribution in [2.24, 2.45) is 0 Å². The summed E-state index contributed by atoms with van der Waals surface area (Å²) in [6.45, 7) is 4.12. The van der Waals surface area contributed by atoms with E-state index in [2.05, 4.69) is 38.2 Å². The van der Waals surface area contributed by atoms with Gasteiger partial charge in [0, 0.05) is 12.8 Å². The van der Waals surface area contributed by atoms with Crippen LogP contribution in [0, 0.1) is 0 Å². The Labute approximate surface area is 298 Å². The number of ether oxygens (including phenoxy) is 2. The van der Waals surface area contributed by atoms with Crippen LogP contribution in [0.1, 0.15) is 219 Å². The van der Waals surface area contributed by atoms with E-state index in [1.807, 2.05) is 0 Å². The Balaban J connectivity index is 3.52. The summed E-state index contributed by atoms with van der Waals surface area (Å²) in [5.41, 5.74) is 0. The van der Waals surface area contributed by atoms with Crippen molar-refractivity contribution < 1.29 is 24.2 Å². The molecule has 0 aliphatic rings. The Morgan fingerprint density at radius 2 is 0.833 bits per heavy atom. The van der Waals surface area contributed by atoms with Gasteiger partial charge in [-0.1, -0.05) is 186 Å². The molecule has 0 saturated heterocycles. The van der Waals surface area contributed by atoms with Gasteiger partial charge >= 0.3 is 11.9 Å². The molecule has 0 aromatic heterocycles. The Kier molecular flexibility index (Phi) is 38.5. The van der Waals surface area contributed by atoms with Crippen LogP contribution in [0.15, 0.2) is 24.3 Å². The zero-order chi connectivity index (χ0) is 35.0. The molecule has 0 unspecified atom stereocenters. The van der Waals surface area contributed by atoms with Crippen molar-refractivity contribution in [2.75, 3.05) is 13.2 Å². The number of hydrogen-bond donors (Lipinski definition) is 1. The minimum Gasteiger partial charge on any atom is -0.462 e. The standard InChI is InChI=1S/C43H80O5/c1-3-5-7-9-11-13-15-17-19-21-23-25-27-29-31-33-35-37-42(45)47-40-41(39-44)48-43(46)38-36-34-32-30-28-26-24-22-20-18-16-14-12-10-8-6-4-2/h11,13,17,19,41,44H,3-10,12,14-16,18,20-40H2,1-2H3/t41-/m0/s1. The van der Waals surface area contributed by atoms with Gasteiger partial charge in [-0.25, -0.2) is 0 Å². The average Bonchev–Trinajstić information content (AvgIpc) is 3.09. The lowest BCUT2D eigenvalue weighted by molar-refractivity contribution is -0.161. The summed E-state index contributed by atoms with van der Waals surface area (Å²) in [5.74, 6) is -0.590. The van der Waals surface area contributed by atoms with Crippen LogP contribution in [-0.2, 0) is 19.1 Å². The number of allylic oxidation sites excluding steroid dienone is 4. The molecule has 0 aliphatic heterocycles. The number of carbonyl (C=O) groups excluding carboxylic acids is 2. The van der Waals surface area contributed by atoms with Crippen molar-refractivity contribution in [1.82, 2.24) is 0 Å². The first-order valence-corrected chi connectivity index (χ1v) is 20.9. The Morgan fingerprint density at radius 1 is 0.479 bits per heavy atom. The minimum atomic E-state index is -0.769. The fraction of sp³-hybridized carbons (Fsp3) is 0.860. The first-order chi connectivity index (χ1) is 23.6. The van der Waals surface area contributed by atoms with Gasteiger partial charge in [0.1, 0.15) is 6.61 Å². The van der Waals surface area contributed by atoms with Crippen LogP contribution in [0.2, 0.25) is 0 Å². The highest BCUT2D eigenvalue weighted by molar-refractivity contribution is 5.70. The maximum Gasteiger partial charge on any atom is 0.306 e. The van der Waals surface area contributed by atoms with E-state index in [9.17, 15) is 14.7 Å². The fourth-order valence-corrected chi connectivity index (χ4v) is 6.06. The highest BCUT2D eigenvalue weighted by Gasteiger charge is 2.16. The van der Waals surface area contributed by atoms with Crippen molar-refractivity contribution in [2.45, 2.75) is 225 Å². The largest absolute Gasteiger partial charge is 0.462 e. The molecule has 0 fully saturated rings. The molecule has 48 heavy (non-hydrogen) atoms. The Bertz CT molecular complexity index is 731. The fourth-order valence-electron chi connectivity index (χ4n) is 6.06. The van der Waals surface area contributed by atoms with Gasteiger partial charge in [-0.3, -0.25) is 9.59 Å². The van der Waals surface area contributed by atoms with Gasteiger partial charge in [0.25, 0.3) is 0 Å². The van der Waals surface area contributed by atoms with Crippen molar-refractivity contribution >= 4 is 11.9 Å². The number of esters is 2. The highest BCUT2D eigenvalue weighted by Crippen LogP contribution is 2.15. The molecule has 0 aromatic rings. The molecule has 5 nitrogen and oxygen atoms in total. The summed E-state index contributed by atoms with van der Waals surface area (Å²) in [6, 6.07) is 0. The lowest BCUT2D eigenvalue weighted by Gasteiger charge is -2.15. The van der Waals surface area contributed by atoms with E-state index >= 15 is 0 Å². The molecule has 5 heteroatoms. The Morgan fingerprint density at radius 3 is 1.27 bits per heavy atom. The third-order valence-electron chi connectivity index (χ3n) is 9.25. The van der Waals surface area contributed by atoms with Crippen LogP contribution in [0.4, 0.5) is 0 Å². The van der Waals surface area contributed by atoms with E-state index < -0.39 is 6.10 Å². The number of aliphatic hydroxyl groups excluding tert-OH is 1. The van der Waals surface area contributed by atoms with Crippen LogP contribution in [-0.4, -0.2) is 36.4 Å². The van der Waals surface area contributed by atoms with E-state index in [1.165, 1.54) is 148 Å². The number of unbranched alkanes of at least 4 members (excludes halogenated alkanes) is 26. The van der Waals surface area contributed by atoms with Gasteiger partial charge in [-0.05, 0) is 44.9 Å². The molecule has 0 saturated carbocycles. The molecule has 0 heterocycles. The van der Waals surface area contributed by atoms with E-state index in [0.717, 1.165) is 44.9 Å². The van der Waals surface area contributed by atoms with E-state index in [4.69, 9.17) is 9.47 Å². The molecule has 0 aliphatic carbocycles. The third-order valence-corrected chi connectivity index (χ3v) is 9.25. The van der Waals surface area contributed by atoms with Gasteiger partial charge < -0.3 is 14.6 Å². The summed E-state index contributed by atoms with van der Waals surface area (Å²) >= 11 is 0. The molecule has 0 aromatic carbocycles. The van der Waals surface area contributed by atoms with Crippen LogP contribution in [0.5, 0.6) is 0 Å². The molecule has 0 amide bonds. The normalized spacial score (nSPS) is 12.3. The molecule has 282 valence electrons. The lowest BCUT2D eigenvalue weighted by Crippen LogP contribution is -2.28. The number of carbonyl (C=O) groups is 2. The molecular weight excluding hydrogens is 596 g/mol. The monoisotopic (exact) mass is 677 g/mol. The molecule has 0 rings (SSSR count). The summed E-state index contributed by atoms with van der Waals surface area (Å²) < 4.78 is 10.6. The predicted octanol–water partition coefficient (Wildman–Crippen LogP) is 13.1. The highest BCUT2D eigenvalue weighted by atomic mass is 16.6. The van der Waals surface area contributed by atoms with E-state index in [-0.39, 0.29) is 25.2 Å². The summed E-state index contributed by atoms with van der Waals surface area (Å²) in [6.07, 6.45) is 46.7. The maximum atomic E-state index is 12.2. The van der Waals surface area contributed by atoms with Crippen LogP contribution in [0.3, 0.4) is 0 Å². The first-order valence-electron chi connectivity index (χ1n) is 20.9. The molecule has 1 atom stereocenters. The molecular formula is C43H80O5. The summed E-state index contributed by atoms with van der Waals surface area (Å²) in [4.78, 5) is 24.3. The summed E-state index contributed by atoms with van der Waals surface area (Å²) in [5, 5.41) is 9.57. The van der Waals surface area contributed by atoms with Gasteiger partial charge in [0.2, 0.25) is 0 Å². The first kappa shape index (κ1) is 46.4. The lowest BCUT2D eigenvalue weighted by atomic mass is 10.0. The van der Waals surface area contributed by atoms with Crippen molar-refractivity contribution in [3.63, 3.8) is 0 Å². The van der Waals surface area contributed by atoms with Gasteiger partial charge in [0.15, 0.2) is 6.10 Å². The van der Waals surface area contributed by atoms with E-state index in [0.29, 0.717) is 12.8 Å². The van der Waals surface area contributed by atoms with Crippen molar-refractivity contribution in [1.29, 1.82) is 0 Å². The zero-order valence-electron chi connectivity index (χ0n) is 32.0. The van der Waals surface area contributed by atoms with Gasteiger partial charge in [-0.15, -0.1) is 0 Å². The zero-order valence-corrected chi connectivity index (χ0v) is 32.0. The second-order valence-corrected chi connectivity index (χ2v) is 14.1. The molecule has 0 radical (unpaired) electrons. The van der Waals surface area contributed by atoms with Crippen molar-refractivity contribution in [3.8, 4) is 0 Å². The second-order valence-electron chi connectivity index (χ2n) is 14.1. The van der Waals surface area contributed by atoms with Crippen LogP contribution < -0.4 is 0 Å². The summed E-state index contributed by atoms with van der Waals surface area (Å²) in [7, 11) is 0. The van der Waals surface area contributed by atoms with Crippen LogP contribution in [0.25, 0.3) is 0 Å². The van der Waals surface area contributed by atoms with Crippen molar-refractivity contribution in [3.05, 3.63) is 24.3 Å². The van der Waals surface area contributed by atoms with Gasteiger partial charge in [0.05, 0.1) is 6.61 Å². The molecule has 0 bridgehead atoms. The molecule has 0 spiro atoms. The van der Waals surface area contributed by atoms with E-state index in [1.54, 1.807) is 0 Å². The predicted molar refractivity (Wildman–Crippen MR) is 205 cm³/mol. The smallest absolute Gasteiger partial charge is 0.306 e. The second kappa shape index (κ2) is 39.8. The van der Waals surface area contributed by atoms with Crippen LogP contribution >= 0.6 is 0 Å². The Hall–Kier alpha value is -1.62. The maximum absolute atomic E-state index is 12.2. The third kappa shape index (κ3) is 37.2. The quantitative estimate of drug-likeness (QED) is 0.0400. The SMILES string of the molecule is CCCCCC=CCC=CCCCCCCCCCC(=O)OC[C@H](CO)OC(=O)CCCCCCCCCCCCCCCCCCC. The molecule has 1 N–H and O–H groups in total. The van der Waals surface area contributed by atoms with Gasteiger partial charge in [-0.2, -0.15) is 0 Å². The number of aliphatic hydroxyl groups is 1. The minimum absolute atomic E-state index is 0.0657. The average molecular weight is 677 g/mol. The number of hydrogen-bond acceptors (Lipinski definition) is 5.